The van der Waals surface area contributed by atoms with E-state index in [2.05, 4.69) is 62.4 Å². The van der Waals surface area contributed by atoms with Crippen molar-refractivity contribution in [2.45, 2.75) is 32.7 Å². The molecule has 1 rings (SSSR count). The van der Waals surface area contributed by atoms with Crippen molar-refractivity contribution in [1.29, 1.82) is 0 Å². The second-order valence-corrected chi connectivity index (χ2v) is 5.59. The van der Waals surface area contributed by atoms with Crippen LogP contribution in [0.3, 0.4) is 0 Å². The number of nitrogens with zero attached hydrogens (tertiary/aromatic N) is 1. The first-order valence-electron chi connectivity index (χ1n) is 7.16. The van der Waals surface area contributed by atoms with Crippen molar-refractivity contribution in [2.24, 2.45) is 5.92 Å². The average Bonchev–Trinajstić information content (AvgIpc) is 2.43. The summed E-state index contributed by atoms with van der Waals surface area (Å²) in [6.07, 6.45) is 2.19. The molecule has 0 aliphatic rings. The van der Waals surface area contributed by atoms with E-state index in [1.807, 2.05) is 0 Å². The van der Waals surface area contributed by atoms with Crippen LogP contribution in [0.5, 0.6) is 0 Å². The Morgan fingerprint density at radius 3 is 2.32 bits per heavy atom. The molecule has 0 radical (unpaired) electrons. The van der Waals surface area contributed by atoms with Gasteiger partial charge in [0.1, 0.15) is 0 Å². The first-order valence-corrected chi connectivity index (χ1v) is 7.16. The lowest BCUT2D eigenvalue weighted by atomic mass is 10.1. The quantitative estimate of drug-likeness (QED) is 0.709. The van der Waals surface area contributed by atoms with E-state index in [9.17, 15) is 0 Å². The second kappa shape index (κ2) is 8.18. The summed E-state index contributed by atoms with van der Waals surface area (Å²) in [4.78, 5) is 2.11. The zero-order valence-electron chi connectivity index (χ0n) is 12.7. The van der Waals surface area contributed by atoms with Crippen LogP contribution in [0, 0.1) is 5.92 Å². The molecule has 0 aliphatic heterocycles. The van der Waals surface area contributed by atoms with Gasteiger partial charge < -0.3 is 15.3 Å². The van der Waals surface area contributed by atoms with E-state index in [1.165, 1.54) is 11.3 Å². The van der Waals surface area contributed by atoms with Gasteiger partial charge in [0.15, 0.2) is 0 Å². The van der Waals surface area contributed by atoms with Gasteiger partial charge in [-0.05, 0) is 49.9 Å². The molecule has 0 amide bonds. The number of hydrogen-bond acceptors (Lipinski definition) is 3. The molecule has 3 heteroatoms. The van der Waals surface area contributed by atoms with Gasteiger partial charge in [-0.15, -0.1) is 0 Å². The summed E-state index contributed by atoms with van der Waals surface area (Å²) < 4.78 is 0. The third-order valence-electron chi connectivity index (χ3n) is 3.55. The van der Waals surface area contributed by atoms with Crippen LogP contribution in [0.2, 0.25) is 0 Å². The minimum absolute atomic E-state index is 0.293. The fourth-order valence-corrected chi connectivity index (χ4v) is 2.04. The molecule has 0 fully saturated rings. The molecule has 1 aromatic rings. The monoisotopic (exact) mass is 264 g/mol. The topological polar surface area (TPSA) is 35.5 Å². The Morgan fingerprint density at radius 2 is 1.79 bits per heavy atom. The molecule has 0 spiro atoms. The lowest BCUT2D eigenvalue weighted by Crippen LogP contribution is -2.20. The van der Waals surface area contributed by atoms with Gasteiger partial charge in [0.2, 0.25) is 0 Å². The number of benzene rings is 1. The maximum absolute atomic E-state index is 8.97. The smallest absolute Gasteiger partial charge is 0.0456 e. The first-order chi connectivity index (χ1) is 9.04. The molecule has 0 aliphatic carbocycles. The Bertz CT molecular complexity index is 348. The lowest BCUT2D eigenvalue weighted by molar-refractivity contribution is 0.227. The molecule has 0 heterocycles. The van der Waals surface area contributed by atoms with Crippen molar-refractivity contribution >= 4 is 5.69 Å². The van der Waals surface area contributed by atoms with E-state index in [0.717, 1.165) is 19.4 Å². The van der Waals surface area contributed by atoms with Gasteiger partial charge >= 0.3 is 0 Å². The highest BCUT2D eigenvalue weighted by atomic mass is 16.3. The predicted octanol–water partition coefficient (Wildman–Crippen LogP) is 2.81. The van der Waals surface area contributed by atoms with Gasteiger partial charge in [-0.25, -0.2) is 0 Å². The van der Waals surface area contributed by atoms with Crippen LogP contribution in [-0.2, 0) is 0 Å². The van der Waals surface area contributed by atoms with Gasteiger partial charge in [0.05, 0.1) is 0 Å². The fraction of sp³-hybridized carbons (Fsp3) is 0.625. The van der Waals surface area contributed by atoms with Crippen molar-refractivity contribution in [1.82, 2.24) is 5.32 Å². The molecule has 0 saturated carbocycles. The lowest BCUT2D eigenvalue weighted by Gasteiger charge is -2.17. The number of aliphatic hydroxyl groups excluding tert-OH is 1. The Balaban J connectivity index is 2.34. The largest absolute Gasteiger partial charge is 0.396 e. The van der Waals surface area contributed by atoms with Crippen molar-refractivity contribution < 1.29 is 5.11 Å². The molecule has 19 heavy (non-hydrogen) atoms. The summed E-state index contributed by atoms with van der Waals surface area (Å²) in [6, 6.07) is 9.05. The summed E-state index contributed by atoms with van der Waals surface area (Å²) in [5, 5.41) is 12.5. The Morgan fingerprint density at radius 1 is 1.16 bits per heavy atom. The molecule has 2 N–H and O–H groups in total. The summed E-state index contributed by atoms with van der Waals surface area (Å²) in [5.41, 5.74) is 2.55. The molecule has 2 atom stereocenters. The van der Waals surface area contributed by atoms with Crippen molar-refractivity contribution in [3.05, 3.63) is 29.8 Å². The molecule has 108 valence electrons. The molecule has 0 aromatic heterocycles. The van der Waals surface area contributed by atoms with Crippen molar-refractivity contribution in [3.63, 3.8) is 0 Å². The Kier molecular flexibility index (Phi) is 6.89. The Labute approximate surface area is 117 Å². The van der Waals surface area contributed by atoms with E-state index >= 15 is 0 Å². The molecule has 3 nitrogen and oxygen atoms in total. The normalized spacial score (nSPS) is 14.2. The van der Waals surface area contributed by atoms with Crippen molar-refractivity contribution in [3.8, 4) is 0 Å². The summed E-state index contributed by atoms with van der Waals surface area (Å²) in [7, 11) is 4.11. The number of hydrogen-bond donors (Lipinski definition) is 2. The molecular formula is C16H28N2O. The van der Waals surface area contributed by atoms with E-state index in [0.29, 0.717) is 18.6 Å². The van der Waals surface area contributed by atoms with E-state index in [1.54, 1.807) is 0 Å². The zero-order valence-corrected chi connectivity index (χ0v) is 12.7. The van der Waals surface area contributed by atoms with Gasteiger partial charge in [0.25, 0.3) is 0 Å². The van der Waals surface area contributed by atoms with Crippen LogP contribution >= 0.6 is 0 Å². The van der Waals surface area contributed by atoms with Gasteiger partial charge in [-0.1, -0.05) is 19.1 Å². The van der Waals surface area contributed by atoms with Crippen LogP contribution in [0.1, 0.15) is 38.3 Å². The van der Waals surface area contributed by atoms with E-state index in [-0.39, 0.29) is 0 Å². The zero-order chi connectivity index (χ0) is 14.3. The van der Waals surface area contributed by atoms with Gasteiger partial charge in [-0.3, -0.25) is 0 Å². The SMILES string of the molecule is CC(CO)CCCNC(C)c1ccc(N(C)C)cc1. The molecule has 1 aromatic carbocycles. The number of nitrogens with one attached hydrogen (secondary N) is 1. The molecule has 0 bridgehead atoms. The van der Waals surface area contributed by atoms with Crippen LogP contribution in [0.15, 0.2) is 24.3 Å². The molecular weight excluding hydrogens is 236 g/mol. The third kappa shape index (κ3) is 5.62. The maximum Gasteiger partial charge on any atom is 0.0456 e. The number of anilines is 1. The average molecular weight is 264 g/mol. The van der Waals surface area contributed by atoms with Crippen LogP contribution in [-0.4, -0.2) is 32.4 Å². The van der Waals surface area contributed by atoms with E-state index < -0.39 is 0 Å². The van der Waals surface area contributed by atoms with Gasteiger partial charge in [0, 0.05) is 32.4 Å². The van der Waals surface area contributed by atoms with Crippen LogP contribution < -0.4 is 10.2 Å². The number of rotatable bonds is 8. The first kappa shape index (κ1) is 16.0. The maximum atomic E-state index is 8.97. The molecule has 0 saturated heterocycles. The Hall–Kier alpha value is -1.06. The molecule has 2 unspecified atom stereocenters. The summed E-state index contributed by atoms with van der Waals surface area (Å²) >= 11 is 0. The minimum Gasteiger partial charge on any atom is -0.396 e. The summed E-state index contributed by atoms with van der Waals surface area (Å²) in [6.45, 7) is 5.58. The van der Waals surface area contributed by atoms with Crippen molar-refractivity contribution in [2.75, 3.05) is 32.1 Å². The second-order valence-electron chi connectivity index (χ2n) is 5.59. The van der Waals surface area contributed by atoms with Crippen LogP contribution in [0.25, 0.3) is 0 Å². The highest BCUT2D eigenvalue weighted by Gasteiger charge is 2.05. The summed E-state index contributed by atoms with van der Waals surface area (Å²) in [5.74, 6) is 0.413. The van der Waals surface area contributed by atoms with E-state index in [4.69, 9.17) is 5.11 Å². The minimum atomic E-state index is 0.293. The standard InChI is InChI=1S/C16H28N2O/c1-13(12-19)6-5-11-17-14(2)15-7-9-16(10-8-15)18(3)4/h7-10,13-14,17,19H,5-6,11-12H2,1-4H3. The van der Waals surface area contributed by atoms with Gasteiger partial charge in [-0.2, -0.15) is 0 Å². The number of aliphatic hydroxyl groups is 1. The highest BCUT2D eigenvalue weighted by molar-refractivity contribution is 5.46. The fourth-order valence-electron chi connectivity index (χ4n) is 2.04. The van der Waals surface area contributed by atoms with Crippen LogP contribution in [0.4, 0.5) is 5.69 Å². The highest BCUT2D eigenvalue weighted by Crippen LogP contribution is 2.17. The predicted molar refractivity (Wildman–Crippen MR) is 82.7 cm³/mol. The third-order valence-corrected chi connectivity index (χ3v) is 3.55.